The van der Waals surface area contributed by atoms with Crippen LogP contribution in [0.2, 0.25) is 0 Å². The quantitative estimate of drug-likeness (QED) is 0.252. The van der Waals surface area contributed by atoms with Crippen LogP contribution in [0.5, 0.6) is 0 Å². The van der Waals surface area contributed by atoms with Crippen LogP contribution in [0.25, 0.3) is 0 Å². The van der Waals surface area contributed by atoms with E-state index in [2.05, 4.69) is 10.5 Å². The molecule has 0 bridgehead atoms. The first kappa shape index (κ1) is 16.5. The van der Waals surface area contributed by atoms with Crippen molar-refractivity contribution in [3.8, 4) is 0 Å². The minimum Gasteiger partial charge on any atom is -0.409 e. The van der Waals surface area contributed by atoms with Crippen molar-refractivity contribution in [1.82, 2.24) is 5.32 Å². The number of rotatable bonds is 8. The van der Waals surface area contributed by atoms with E-state index >= 15 is 0 Å². The van der Waals surface area contributed by atoms with Crippen molar-refractivity contribution >= 4 is 5.84 Å². The molecule has 0 aliphatic carbocycles. The lowest BCUT2D eigenvalue weighted by Crippen LogP contribution is -2.50. The Morgan fingerprint density at radius 3 is 2.35 bits per heavy atom. The molecule has 0 amide bonds. The summed E-state index contributed by atoms with van der Waals surface area (Å²) in [5.74, 6) is -0.0482. The Bertz CT molecular complexity index is 408. The molecular weight excluding hydrogens is 254 g/mol. The number of amidine groups is 1. The highest BCUT2D eigenvalue weighted by Gasteiger charge is 2.27. The maximum absolute atomic E-state index is 9.58. The van der Waals surface area contributed by atoms with Crippen LogP contribution in [0.3, 0.4) is 0 Å². The number of oxime groups is 1. The smallest absolute Gasteiger partial charge is 0.147 e. The Morgan fingerprint density at radius 1 is 1.30 bits per heavy atom. The van der Waals surface area contributed by atoms with E-state index in [1.54, 1.807) is 0 Å². The lowest BCUT2D eigenvalue weighted by molar-refractivity contribution is 0.151. The molecular formula is C15H25N3O2. The largest absolute Gasteiger partial charge is 0.409 e. The molecule has 1 atom stereocenters. The summed E-state index contributed by atoms with van der Waals surface area (Å²) in [6, 6.07) is 9.67. The molecule has 5 heteroatoms. The number of nitrogens with two attached hydrogens (primary N) is 1. The van der Waals surface area contributed by atoms with E-state index in [9.17, 15) is 5.11 Å². The minimum atomic E-state index is -0.317. The summed E-state index contributed by atoms with van der Waals surface area (Å²) in [5, 5.41) is 25.0. The fraction of sp³-hybridized carbons (Fsp3) is 0.533. The third-order valence-corrected chi connectivity index (χ3v) is 4.01. The molecule has 0 radical (unpaired) electrons. The lowest BCUT2D eigenvalue weighted by Gasteiger charge is -2.32. The van der Waals surface area contributed by atoms with Gasteiger partial charge in [-0.1, -0.05) is 49.3 Å². The minimum absolute atomic E-state index is 0.0671. The van der Waals surface area contributed by atoms with Gasteiger partial charge in [-0.25, -0.2) is 0 Å². The number of hydrogen-bond acceptors (Lipinski definition) is 4. The predicted octanol–water partition coefficient (Wildman–Crippen LogP) is 1.66. The summed E-state index contributed by atoms with van der Waals surface area (Å²) >= 11 is 0. The van der Waals surface area contributed by atoms with Gasteiger partial charge in [-0.05, 0) is 18.4 Å². The molecule has 112 valence electrons. The molecule has 0 spiro atoms. The van der Waals surface area contributed by atoms with E-state index in [0.29, 0.717) is 6.54 Å². The molecule has 1 aromatic carbocycles. The number of benzene rings is 1. The van der Waals surface area contributed by atoms with Crippen molar-refractivity contribution in [3.63, 3.8) is 0 Å². The molecule has 1 unspecified atom stereocenters. The zero-order chi connectivity index (χ0) is 15.0. The van der Waals surface area contributed by atoms with Crippen LogP contribution in [0.15, 0.2) is 35.5 Å². The number of nitrogens with zero attached hydrogens (tertiary/aromatic N) is 1. The maximum atomic E-state index is 9.58. The molecule has 0 aliphatic rings. The Labute approximate surface area is 120 Å². The number of hydrogen-bond donors (Lipinski definition) is 4. The van der Waals surface area contributed by atoms with Crippen LogP contribution >= 0.6 is 0 Å². The standard InChI is InChI=1S/C15H25N3O2/c1-3-15(4-2,11-19)17-10-13(14(16)18-20)12-8-6-5-7-9-12/h5-9,13,17,19-20H,3-4,10-11H2,1-2H3,(H2,16,18). The molecule has 0 saturated carbocycles. The monoisotopic (exact) mass is 279 g/mol. The summed E-state index contributed by atoms with van der Waals surface area (Å²) < 4.78 is 0. The van der Waals surface area contributed by atoms with Crippen molar-refractivity contribution in [1.29, 1.82) is 0 Å². The van der Waals surface area contributed by atoms with Gasteiger partial charge in [0.15, 0.2) is 0 Å². The van der Waals surface area contributed by atoms with Gasteiger partial charge in [-0.15, -0.1) is 0 Å². The van der Waals surface area contributed by atoms with Crippen molar-refractivity contribution < 1.29 is 10.3 Å². The van der Waals surface area contributed by atoms with E-state index < -0.39 is 0 Å². The first-order valence-electron chi connectivity index (χ1n) is 7.00. The zero-order valence-corrected chi connectivity index (χ0v) is 12.2. The topological polar surface area (TPSA) is 90.9 Å². The Kier molecular flexibility index (Phi) is 6.48. The van der Waals surface area contributed by atoms with Crippen molar-refractivity contribution in [3.05, 3.63) is 35.9 Å². The molecule has 1 rings (SSSR count). The Balaban J connectivity index is 2.87. The van der Waals surface area contributed by atoms with Gasteiger partial charge in [0.05, 0.1) is 12.5 Å². The van der Waals surface area contributed by atoms with Gasteiger partial charge in [0.2, 0.25) is 0 Å². The second-order valence-corrected chi connectivity index (χ2v) is 5.01. The van der Waals surface area contributed by atoms with Crippen LogP contribution in [0.1, 0.15) is 38.2 Å². The molecule has 5 nitrogen and oxygen atoms in total. The highest BCUT2D eigenvalue weighted by atomic mass is 16.4. The molecule has 0 heterocycles. The van der Waals surface area contributed by atoms with Crippen molar-refractivity contribution in [2.45, 2.75) is 38.1 Å². The average molecular weight is 279 g/mol. The van der Waals surface area contributed by atoms with Gasteiger partial charge in [0.1, 0.15) is 5.84 Å². The number of nitrogens with one attached hydrogen (secondary N) is 1. The van der Waals surface area contributed by atoms with Crippen molar-refractivity contribution in [2.24, 2.45) is 10.9 Å². The summed E-state index contributed by atoms with van der Waals surface area (Å²) in [5.41, 5.74) is 6.46. The first-order valence-corrected chi connectivity index (χ1v) is 7.00. The molecule has 0 aliphatic heterocycles. The van der Waals surface area contributed by atoms with Gasteiger partial charge in [-0.2, -0.15) is 0 Å². The predicted molar refractivity (Wildman–Crippen MR) is 81.0 cm³/mol. The van der Waals surface area contributed by atoms with Crippen LogP contribution in [0, 0.1) is 0 Å². The third-order valence-electron chi connectivity index (χ3n) is 4.01. The lowest BCUT2D eigenvalue weighted by atomic mass is 9.91. The average Bonchev–Trinajstić information content (AvgIpc) is 2.52. The second kappa shape index (κ2) is 7.87. The summed E-state index contributed by atoms with van der Waals surface area (Å²) in [7, 11) is 0. The first-order chi connectivity index (χ1) is 9.62. The number of aliphatic hydroxyl groups excluding tert-OH is 1. The third kappa shape index (κ3) is 3.95. The highest BCUT2D eigenvalue weighted by molar-refractivity contribution is 5.87. The normalized spacial score (nSPS) is 14.2. The highest BCUT2D eigenvalue weighted by Crippen LogP contribution is 2.19. The fourth-order valence-corrected chi connectivity index (χ4v) is 2.25. The molecule has 20 heavy (non-hydrogen) atoms. The van der Waals surface area contributed by atoms with E-state index in [1.807, 2.05) is 44.2 Å². The molecule has 0 aromatic heterocycles. The van der Waals surface area contributed by atoms with Gasteiger partial charge < -0.3 is 21.4 Å². The second-order valence-electron chi connectivity index (χ2n) is 5.01. The maximum Gasteiger partial charge on any atom is 0.147 e. The molecule has 1 aromatic rings. The van der Waals surface area contributed by atoms with E-state index in [-0.39, 0.29) is 23.9 Å². The SMILES string of the molecule is CCC(CC)(CO)NCC(C(N)=NO)c1ccccc1. The van der Waals surface area contributed by atoms with Gasteiger partial charge in [0.25, 0.3) is 0 Å². The van der Waals surface area contributed by atoms with E-state index in [4.69, 9.17) is 10.9 Å². The van der Waals surface area contributed by atoms with Crippen LogP contribution < -0.4 is 11.1 Å². The fourth-order valence-electron chi connectivity index (χ4n) is 2.25. The summed E-state index contributed by atoms with van der Waals surface area (Å²) in [6.45, 7) is 4.65. The van der Waals surface area contributed by atoms with Gasteiger partial charge in [0, 0.05) is 12.1 Å². The Hall–Kier alpha value is -1.59. The Morgan fingerprint density at radius 2 is 1.90 bits per heavy atom. The zero-order valence-electron chi connectivity index (χ0n) is 12.2. The van der Waals surface area contributed by atoms with Crippen LogP contribution in [-0.2, 0) is 0 Å². The van der Waals surface area contributed by atoms with Gasteiger partial charge >= 0.3 is 0 Å². The van der Waals surface area contributed by atoms with Crippen LogP contribution in [0.4, 0.5) is 0 Å². The molecule has 0 saturated heterocycles. The summed E-state index contributed by atoms with van der Waals surface area (Å²) in [4.78, 5) is 0. The van der Waals surface area contributed by atoms with Crippen LogP contribution in [-0.4, -0.2) is 34.8 Å². The molecule has 0 fully saturated rings. The van der Waals surface area contributed by atoms with E-state index in [0.717, 1.165) is 18.4 Å². The molecule has 5 N–H and O–H groups in total. The van der Waals surface area contributed by atoms with E-state index in [1.165, 1.54) is 0 Å². The van der Waals surface area contributed by atoms with Gasteiger partial charge in [-0.3, -0.25) is 0 Å². The summed E-state index contributed by atoms with van der Waals surface area (Å²) in [6.07, 6.45) is 1.63. The number of aliphatic hydroxyl groups is 1. The van der Waals surface area contributed by atoms with Crippen molar-refractivity contribution in [2.75, 3.05) is 13.2 Å².